The Morgan fingerprint density at radius 2 is 2.07 bits per heavy atom. The molecule has 5 heteroatoms. The van der Waals surface area contributed by atoms with Gasteiger partial charge in [-0.2, -0.15) is 0 Å². The van der Waals surface area contributed by atoms with Gasteiger partial charge in [0.2, 0.25) is 5.91 Å². The van der Waals surface area contributed by atoms with Crippen molar-refractivity contribution in [2.45, 2.75) is 38.1 Å². The molecule has 0 heterocycles. The first-order valence-corrected chi connectivity index (χ1v) is 5.19. The van der Waals surface area contributed by atoms with Crippen molar-refractivity contribution in [1.82, 2.24) is 5.32 Å². The summed E-state index contributed by atoms with van der Waals surface area (Å²) in [4.78, 5) is 22.3. The number of ether oxygens (including phenoxy) is 1. The highest BCUT2D eigenvalue weighted by Gasteiger charge is 2.43. The molecule has 1 fully saturated rings. The lowest BCUT2D eigenvalue weighted by molar-refractivity contribution is -0.144. The molecule has 1 saturated carbocycles. The molecular weight excluding hydrogens is 198 g/mol. The van der Waals surface area contributed by atoms with Crippen LogP contribution >= 0.6 is 0 Å². The number of esters is 1. The van der Waals surface area contributed by atoms with E-state index in [0.717, 1.165) is 12.8 Å². The molecule has 1 amide bonds. The van der Waals surface area contributed by atoms with Crippen LogP contribution in [0.15, 0.2) is 0 Å². The van der Waals surface area contributed by atoms with Crippen LogP contribution < -0.4 is 5.32 Å². The first kappa shape index (κ1) is 12.0. The quantitative estimate of drug-likeness (QED) is 0.610. The average Bonchev–Trinajstić information content (AvgIpc) is 2.96. The standard InChI is InChI=1S/C10H17NO4/c1-2-15-9(14)4-3-8(13)11-10(7-12)5-6-10/h12H,2-7H2,1H3,(H,11,13). The second-order valence-electron chi connectivity index (χ2n) is 3.79. The zero-order chi connectivity index (χ0) is 11.3. The molecule has 0 radical (unpaired) electrons. The second-order valence-corrected chi connectivity index (χ2v) is 3.79. The van der Waals surface area contributed by atoms with Gasteiger partial charge in [-0.15, -0.1) is 0 Å². The average molecular weight is 215 g/mol. The Morgan fingerprint density at radius 3 is 2.53 bits per heavy atom. The lowest BCUT2D eigenvalue weighted by atomic mass is 10.2. The van der Waals surface area contributed by atoms with Gasteiger partial charge in [-0.1, -0.05) is 0 Å². The van der Waals surface area contributed by atoms with Crippen LogP contribution in [0.3, 0.4) is 0 Å². The van der Waals surface area contributed by atoms with Gasteiger partial charge in [-0.25, -0.2) is 0 Å². The lowest BCUT2D eigenvalue weighted by Crippen LogP contribution is -2.39. The Labute approximate surface area is 88.8 Å². The fourth-order valence-corrected chi connectivity index (χ4v) is 1.28. The summed E-state index contributed by atoms with van der Waals surface area (Å²) in [5.41, 5.74) is -0.397. The van der Waals surface area contributed by atoms with Gasteiger partial charge < -0.3 is 15.2 Å². The highest BCUT2D eigenvalue weighted by Crippen LogP contribution is 2.34. The van der Waals surface area contributed by atoms with E-state index >= 15 is 0 Å². The van der Waals surface area contributed by atoms with Crippen molar-refractivity contribution in [3.8, 4) is 0 Å². The Bertz CT molecular complexity index is 248. The van der Waals surface area contributed by atoms with Crippen LogP contribution in [0.1, 0.15) is 32.6 Å². The van der Waals surface area contributed by atoms with Crippen LogP contribution in [0.5, 0.6) is 0 Å². The topological polar surface area (TPSA) is 75.6 Å². The zero-order valence-corrected chi connectivity index (χ0v) is 8.91. The largest absolute Gasteiger partial charge is 0.466 e. The van der Waals surface area contributed by atoms with Gasteiger partial charge in [0.25, 0.3) is 0 Å². The van der Waals surface area contributed by atoms with Crippen LogP contribution in [0.25, 0.3) is 0 Å². The lowest BCUT2D eigenvalue weighted by Gasteiger charge is -2.13. The Kier molecular flexibility index (Phi) is 4.08. The molecule has 15 heavy (non-hydrogen) atoms. The van der Waals surface area contributed by atoms with Crippen LogP contribution in [0.2, 0.25) is 0 Å². The van der Waals surface area contributed by atoms with E-state index in [2.05, 4.69) is 5.32 Å². The maximum Gasteiger partial charge on any atom is 0.306 e. The van der Waals surface area contributed by atoms with E-state index in [1.165, 1.54) is 0 Å². The van der Waals surface area contributed by atoms with Crippen molar-refractivity contribution in [2.24, 2.45) is 0 Å². The molecule has 0 spiro atoms. The van der Waals surface area contributed by atoms with Crippen molar-refractivity contribution in [1.29, 1.82) is 0 Å². The normalized spacial score (nSPS) is 16.9. The Balaban J connectivity index is 2.16. The summed E-state index contributed by atoms with van der Waals surface area (Å²) in [6, 6.07) is 0. The summed E-state index contributed by atoms with van der Waals surface area (Å²) < 4.78 is 4.70. The van der Waals surface area contributed by atoms with Gasteiger partial charge >= 0.3 is 5.97 Å². The number of amides is 1. The number of carbonyl (C=O) groups is 2. The van der Waals surface area contributed by atoms with Crippen LogP contribution in [-0.2, 0) is 14.3 Å². The van der Waals surface area contributed by atoms with E-state index in [1.54, 1.807) is 6.92 Å². The number of rotatable bonds is 6. The second kappa shape index (κ2) is 5.11. The molecule has 0 unspecified atom stereocenters. The molecule has 86 valence electrons. The Hall–Kier alpha value is -1.10. The van der Waals surface area contributed by atoms with Crippen molar-refractivity contribution in [3.05, 3.63) is 0 Å². The highest BCUT2D eigenvalue weighted by atomic mass is 16.5. The van der Waals surface area contributed by atoms with Crippen molar-refractivity contribution in [2.75, 3.05) is 13.2 Å². The molecule has 0 saturated heterocycles. The van der Waals surface area contributed by atoms with Gasteiger partial charge in [0, 0.05) is 6.42 Å². The number of nitrogens with one attached hydrogen (secondary N) is 1. The monoisotopic (exact) mass is 215 g/mol. The van der Waals surface area contributed by atoms with E-state index in [-0.39, 0.29) is 31.3 Å². The smallest absolute Gasteiger partial charge is 0.306 e. The summed E-state index contributed by atoms with van der Waals surface area (Å²) in [5, 5.41) is 11.7. The van der Waals surface area contributed by atoms with Gasteiger partial charge in [0.1, 0.15) is 0 Å². The third-order valence-corrected chi connectivity index (χ3v) is 2.42. The number of carbonyl (C=O) groups excluding carboxylic acids is 2. The molecule has 0 aromatic carbocycles. The zero-order valence-electron chi connectivity index (χ0n) is 8.91. The van der Waals surface area contributed by atoms with Gasteiger partial charge in [-0.3, -0.25) is 9.59 Å². The van der Waals surface area contributed by atoms with E-state index in [1.807, 2.05) is 0 Å². The summed E-state index contributed by atoms with van der Waals surface area (Å²) in [5.74, 6) is -0.559. The maximum atomic E-state index is 11.3. The molecule has 0 aromatic rings. The summed E-state index contributed by atoms with van der Waals surface area (Å²) >= 11 is 0. The van der Waals surface area contributed by atoms with E-state index < -0.39 is 5.54 Å². The first-order valence-electron chi connectivity index (χ1n) is 5.19. The molecular formula is C10H17NO4. The minimum absolute atomic E-state index is 0.0296. The van der Waals surface area contributed by atoms with Crippen LogP contribution in [-0.4, -0.2) is 35.7 Å². The maximum absolute atomic E-state index is 11.3. The van der Waals surface area contributed by atoms with E-state index in [0.29, 0.717) is 6.61 Å². The molecule has 0 aliphatic heterocycles. The molecule has 0 atom stereocenters. The fourth-order valence-electron chi connectivity index (χ4n) is 1.28. The summed E-state index contributed by atoms with van der Waals surface area (Å²) in [6.45, 7) is 2.03. The predicted molar refractivity (Wildman–Crippen MR) is 53.1 cm³/mol. The molecule has 0 bridgehead atoms. The number of aliphatic hydroxyl groups excluding tert-OH is 1. The van der Waals surface area contributed by atoms with Gasteiger partial charge in [0.15, 0.2) is 0 Å². The van der Waals surface area contributed by atoms with Gasteiger partial charge in [0.05, 0.1) is 25.2 Å². The van der Waals surface area contributed by atoms with E-state index in [9.17, 15) is 9.59 Å². The summed E-state index contributed by atoms with van der Waals surface area (Å²) in [7, 11) is 0. The Morgan fingerprint density at radius 1 is 1.40 bits per heavy atom. The predicted octanol–water partition coefficient (Wildman–Crippen LogP) is -0.0292. The highest BCUT2D eigenvalue weighted by molar-refractivity contribution is 5.82. The molecule has 1 rings (SSSR count). The molecule has 1 aliphatic rings. The minimum Gasteiger partial charge on any atom is -0.466 e. The number of hydrogen-bond donors (Lipinski definition) is 2. The molecule has 5 nitrogen and oxygen atoms in total. The molecule has 0 aromatic heterocycles. The van der Waals surface area contributed by atoms with E-state index in [4.69, 9.17) is 9.84 Å². The van der Waals surface area contributed by atoms with Crippen molar-refractivity contribution >= 4 is 11.9 Å². The third kappa shape index (κ3) is 3.87. The summed E-state index contributed by atoms with van der Waals surface area (Å²) in [6.07, 6.45) is 1.85. The molecule has 2 N–H and O–H groups in total. The third-order valence-electron chi connectivity index (χ3n) is 2.42. The van der Waals surface area contributed by atoms with Crippen molar-refractivity contribution in [3.63, 3.8) is 0 Å². The fraction of sp³-hybridized carbons (Fsp3) is 0.800. The van der Waals surface area contributed by atoms with Crippen LogP contribution in [0.4, 0.5) is 0 Å². The number of aliphatic hydroxyl groups is 1. The first-order chi connectivity index (χ1) is 7.12. The SMILES string of the molecule is CCOC(=O)CCC(=O)NC1(CO)CC1. The van der Waals surface area contributed by atoms with Crippen LogP contribution in [0, 0.1) is 0 Å². The number of hydrogen-bond acceptors (Lipinski definition) is 4. The minimum atomic E-state index is -0.397. The van der Waals surface area contributed by atoms with Crippen molar-refractivity contribution < 1.29 is 19.4 Å². The van der Waals surface area contributed by atoms with Gasteiger partial charge in [-0.05, 0) is 19.8 Å². The molecule has 1 aliphatic carbocycles.